The molecule has 1 N–H and O–H groups in total. The summed E-state index contributed by atoms with van der Waals surface area (Å²) < 4.78 is 10.8. The summed E-state index contributed by atoms with van der Waals surface area (Å²) in [5, 5.41) is 2.92. The number of nitrogens with zero attached hydrogens (tertiary/aromatic N) is 1. The van der Waals surface area contributed by atoms with Gasteiger partial charge in [0.25, 0.3) is 0 Å². The normalized spacial score (nSPS) is 10.3. The molecule has 0 atom stereocenters. The molecule has 6 heteroatoms. The Morgan fingerprint density at radius 3 is 2.32 bits per heavy atom. The van der Waals surface area contributed by atoms with Gasteiger partial charge in [0.2, 0.25) is 11.8 Å². The lowest BCUT2D eigenvalue weighted by Crippen LogP contribution is -2.35. The summed E-state index contributed by atoms with van der Waals surface area (Å²) in [5.74, 6) is 1.26. The maximum atomic E-state index is 12.3. The van der Waals surface area contributed by atoms with Crippen LogP contribution in [0, 0.1) is 13.8 Å². The molecular weight excluding hydrogens is 356 g/mol. The van der Waals surface area contributed by atoms with Gasteiger partial charge in [-0.25, -0.2) is 0 Å². The zero-order valence-corrected chi connectivity index (χ0v) is 17.0. The molecule has 6 nitrogen and oxygen atoms in total. The Morgan fingerprint density at radius 2 is 1.68 bits per heavy atom. The van der Waals surface area contributed by atoms with E-state index >= 15 is 0 Å². The van der Waals surface area contributed by atoms with Crippen molar-refractivity contribution >= 4 is 17.5 Å². The number of carbonyl (C=O) groups is 2. The maximum Gasteiger partial charge on any atom is 0.226 e. The summed E-state index contributed by atoms with van der Waals surface area (Å²) in [7, 11) is 1.61. The fourth-order valence-corrected chi connectivity index (χ4v) is 2.71. The van der Waals surface area contributed by atoms with Gasteiger partial charge in [0.05, 0.1) is 13.7 Å². The van der Waals surface area contributed by atoms with Crippen molar-refractivity contribution in [2.24, 2.45) is 0 Å². The highest BCUT2D eigenvalue weighted by Crippen LogP contribution is 2.18. The summed E-state index contributed by atoms with van der Waals surface area (Å²) >= 11 is 0. The highest BCUT2D eigenvalue weighted by molar-refractivity contribution is 5.92. The van der Waals surface area contributed by atoms with Gasteiger partial charge in [-0.2, -0.15) is 0 Å². The summed E-state index contributed by atoms with van der Waals surface area (Å²) in [6, 6.07) is 13.1. The van der Waals surface area contributed by atoms with E-state index in [0.29, 0.717) is 25.4 Å². The third-order valence-corrected chi connectivity index (χ3v) is 4.62. The fourth-order valence-electron chi connectivity index (χ4n) is 2.71. The second-order valence-electron chi connectivity index (χ2n) is 6.58. The number of nitrogens with one attached hydrogen (secondary N) is 1. The monoisotopic (exact) mass is 384 g/mol. The van der Waals surface area contributed by atoms with Crippen molar-refractivity contribution in [3.8, 4) is 11.5 Å². The van der Waals surface area contributed by atoms with Crippen molar-refractivity contribution in [3.05, 3.63) is 53.6 Å². The van der Waals surface area contributed by atoms with Gasteiger partial charge >= 0.3 is 0 Å². The van der Waals surface area contributed by atoms with E-state index in [2.05, 4.69) is 5.32 Å². The van der Waals surface area contributed by atoms with Crippen LogP contribution >= 0.6 is 0 Å². The second kappa shape index (κ2) is 10.3. The summed E-state index contributed by atoms with van der Waals surface area (Å²) in [4.78, 5) is 25.7. The van der Waals surface area contributed by atoms with Crippen molar-refractivity contribution < 1.29 is 19.1 Å². The molecule has 150 valence electrons. The van der Waals surface area contributed by atoms with Gasteiger partial charge in [0, 0.05) is 25.6 Å². The van der Waals surface area contributed by atoms with Crippen molar-refractivity contribution in [2.75, 3.05) is 32.1 Å². The molecule has 0 spiro atoms. The van der Waals surface area contributed by atoms with Crippen LogP contribution in [0.25, 0.3) is 0 Å². The summed E-state index contributed by atoms with van der Waals surface area (Å²) in [5.41, 5.74) is 2.98. The van der Waals surface area contributed by atoms with E-state index in [1.165, 1.54) is 6.92 Å². The summed E-state index contributed by atoms with van der Waals surface area (Å²) in [6.07, 6.45) is 0.232. The van der Waals surface area contributed by atoms with Gasteiger partial charge < -0.3 is 19.7 Å². The Balaban J connectivity index is 1.80. The molecule has 0 aliphatic heterocycles. The SMILES string of the molecule is COc1ccc(OCCN(CCC(=O)Nc2cccc(C)c2C)C(C)=O)cc1. The molecule has 2 rings (SSSR count). The minimum atomic E-state index is -0.115. The van der Waals surface area contributed by atoms with Crippen LogP contribution in [-0.2, 0) is 9.59 Å². The van der Waals surface area contributed by atoms with Gasteiger partial charge in [-0.05, 0) is 55.3 Å². The first-order valence-electron chi connectivity index (χ1n) is 9.29. The number of hydrogen-bond donors (Lipinski definition) is 1. The average molecular weight is 384 g/mol. The van der Waals surface area contributed by atoms with Crippen molar-refractivity contribution in [3.63, 3.8) is 0 Å². The quantitative estimate of drug-likeness (QED) is 0.718. The topological polar surface area (TPSA) is 67.9 Å². The van der Waals surface area contributed by atoms with Crippen LogP contribution in [0.5, 0.6) is 11.5 Å². The molecule has 2 amide bonds. The number of hydrogen-bond acceptors (Lipinski definition) is 4. The highest BCUT2D eigenvalue weighted by Gasteiger charge is 2.12. The largest absolute Gasteiger partial charge is 0.497 e. The zero-order chi connectivity index (χ0) is 20.5. The molecule has 28 heavy (non-hydrogen) atoms. The molecule has 0 aromatic heterocycles. The Labute approximate surface area is 166 Å². The lowest BCUT2D eigenvalue weighted by Gasteiger charge is -2.21. The third kappa shape index (κ3) is 6.30. The van der Waals surface area contributed by atoms with E-state index in [1.807, 2.05) is 56.3 Å². The molecule has 0 saturated carbocycles. The van der Waals surface area contributed by atoms with Crippen LogP contribution in [0.3, 0.4) is 0 Å². The zero-order valence-electron chi connectivity index (χ0n) is 17.0. The van der Waals surface area contributed by atoms with Crippen molar-refractivity contribution in [1.29, 1.82) is 0 Å². The van der Waals surface area contributed by atoms with Crippen LogP contribution in [0.2, 0.25) is 0 Å². The number of amides is 2. The fraction of sp³-hybridized carbons (Fsp3) is 0.364. The number of methoxy groups -OCH3 is 1. The van der Waals surface area contributed by atoms with E-state index in [9.17, 15) is 9.59 Å². The minimum absolute atomic E-state index is 0.0853. The maximum absolute atomic E-state index is 12.3. The molecule has 0 bridgehead atoms. The van der Waals surface area contributed by atoms with Gasteiger partial charge in [-0.3, -0.25) is 9.59 Å². The number of ether oxygens (including phenoxy) is 2. The Bertz CT molecular complexity index is 803. The average Bonchev–Trinajstić information content (AvgIpc) is 2.68. The van der Waals surface area contributed by atoms with Crippen LogP contribution in [0.4, 0.5) is 5.69 Å². The Kier molecular flexibility index (Phi) is 7.87. The van der Waals surface area contributed by atoms with E-state index < -0.39 is 0 Å². The molecule has 0 aliphatic rings. The van der Waals surface area contributed by atoms with Gasteiger partial charge in [0.1, 0.15) is 18.1 Å². The van der Waals surface area contributed by atoms with Crippen LogP contribution < -0.4 is 14.8 Å². The van der Waals surface area contributed by atoms with Gasteiger partial charge in [-0.1, -0.05) is 12.1 Å². The van der Waals surface area contributed by atoms with E-state index in [0.717, 1.165) is 22.6 Å². The lowest BCUT2D eigenvalue weighted by molar-refractivity contribution is -0.129. The molecule has 0 saturated heterocycles. The lowest BCUT2D eigenvalue weighted by atomic mass is 10.1. The first-order chi connectivity index (χ1) is 13.4. The molecule has 0 radical (unpaired) electrons. The number of benzene rings is 2. The van der Waals surface area contributed by atoms with Crippen LogP contribution in [0.15, 0.2) is 42.5 Å². The standard InChI is InChI=1S/C22H28N2O4/c1-16-6-5-7-21(17(16)2)23-22(26)12-13-24(18(3)25)14-15-28-20-10-8-19(27-4)9-11-20/h5-11H,12-15H2,1-4H3,(H,23,26). The molecule has 2 aromatic rings. The molecule has 0 aliphatic carbocycles. The van der Waals surface area contributed by atoms with Crippen LogP contribution in [0.1, 0.15) is 24.5 Å². The smallest absolute Gasteiger partial charge is 0.226 e. The molecule has 0 unspecified atom stereocenters. The second-order valence-corrected chi connectivity index (χ2v) is 6.58. The van der Waals surface area contributed by atoms with Crippen molar-refractivity contribution in [1.82, 2.24) is 4.90 Å². The van der Waals surface area contributed by atoms with Gasteiger partial charge in [-0.15, -0.1) is 0 Å². The molecule has 0 fully saturated rings. The van der Waals surface area contributed by atoms with E-state index in [-0.39, 0.29) is 18.2 Å². The highest BCUT2D eigenvalue weighted by atomic mass is 16.5. The molecule has 2 aromatic carbocycles. The van der Waals surface area contributed by atoms with Gasteiger partial charge in [0.15, 0.2) is 0 Å². The summed E-state index contributed by atoms with van der Waals surface area (Å²) in [6.45, 7) is 6.59. The molecule has 0 heterocycles. The molecular formula is C22H28N2O4. The Morgan fingerprint density at radius 1 is 1.00 bits per heavy atom. The number of aryl methyl sites for hydroxylation is 1. The first kappa shape index (κ1) is 21.3. The predicted molar refractivity (Wildman–Crippen MR) is 110 cm³/mol. The minimum Gasteiger partial charge on any atom is -0.497 e. The Hall–Kier alpha value is -3.02. The first-order valence-corrected chi connectivity index (χ1v) is 9.29. The van der Waals surface area contributed by atoms with Crippen LogP contribution in [-0.4, -0.2) is 43.5 Å². The van der Waals surface area contributed by atoms with E-state index in [4.69, 9.17) is 9.47 Å². The third-order valence-electron chi connectivity index (χ3n) is 4.62. The number of rotatable bonds is 9. The number of carbonyl (C=O) groups excluding carboxylic acids is 2. The van der Waals surface area contributed by atoms with Crippen molar-refractivity contribution in [2.45, 2.75) is 27.2 Å². The van der Waals surface area contributed by atoms with E-state index in [1.54, 1.807) is 12.0 Å². The predicted octanol–water partition coefficient (Wildman–Crippen LogP) is 3.57. The number of anilines is 1.